The number of amides is 1. The third-order valence-electron chi connectivity index (χ3n) is 1.72. The Kier molecular flexibility index (Phi) is 4.21. The zero-order chi connectivity index (χ0) is 10.6. The first kappa shape index (κ1) is 11.3. The van der Waals surface area contributed by atoms with Crippen LogP contribution in [0.1, 0.15) is 10.5 Å². The van der Waals surface area contributed by atoms with Gasteiger partial charge in [0.2, 0.25) is 0 Å². The highest BCUT2D eigenvalue weighted by molar-refractivity contribution is 7.98. The van der Waals surface area contributed by atoms with Gasteiger partial charge in [0.1, 0.15) is 5.69 Å². The first-order valence-corrected chi connectivity index (χ1v) is 6.38. The summed E-state index contributed by atoms with van der Waals surface area (Å²) in [6.45, 7) is 0.734. The zero-order valence-corrected chi connectivity index (χ0v) is 9.82. The lowest BCUT2D eigenvalue weighted by atomic mass is 10.4. The van der Waals surface area contributed by atoms with Crippen LogP contribution in [0, 0.1) is 0 Å². The normalized spacial score (nSPS) is 10.1. The zero-order valence-electron chi connectivity index (χ0n) is 8.19. The van der Waals surface area contributed by atoms with Crippen molar-refractivity contribution in [2.24, 2.45) is 0 Å². The molecule has 0 aliphatic rings. The van der Waals surface area contributed by atoms with Crippen molar-refractivity contribution in [3.63, 3.8) is 0 Å². The Morgan fingerprint density at radius 1 is 1.79 bits per heavy atom. The molecule has 0 saturated heterocycles. The number of hydrogen-bond acceptors (Lipinski definition) is 5. The van der Waals surface area contributed by atoms with Gasteiger partial charge in [0.25, 0.3) is 5.91 Å². The van der Waals surface area contributed by atoms with Crippen LogP contribution in [0.4, 0.5) is 5.13 Å². The summed E-state index contributed by atoms with van der Waals surface area (Å²) < 4.78 is 0. The molecule has 0 saturated carbocycles. The Hall–Kier alpha value is -0.750. The van der Waals surface area contributed by atoms with E-state index in [1.165, 1.54) is 11.3 Å². The average molecular weight is 231 g/mol. The molecule has 0 fully saturated rings. The number of nitrogen functional groups attached to an aromatic ring is 1. The maximum Gasteiger partial charge on any atom is 0.273 e. The number of carbonyl (C=O) groups is 1. The quantitative estimate of drug-likeness (QED) is 0.845. The van der Waals surface area contributed by atoms with Gasteiger partial charge < -0.3 is 10.6 Å². The summed E-state index contributed by atoms with van der Waals surface area (Å²) in [5, 5.41) is 2.12. The van der Waals surface area contributed by atoms with Gasteiger partial charge in [-0.05, 0) is 6.26 Å². The number of hydrogen-bond donors (Lipinski definition) is 1. The van der Waals surface area contributed by atoms with Gasteiger partial charge >= 0.3 is 0 Å². The third-order valence-corrected chi connectivity index (χ3v) is 2.98. The first-order valence-electron chi connectivity index (χ1n) is 4.10. The molecule has 0 unspecified atom stereocenters. The fourth-order valence-corrected chi connectivity index (χ4v) is 1.90. The van der Waals surface area contributed by atoms with E-state index in [-0.39, 0.29) is 5.91 Å². The summed E-state index contributed by atoms with van der Waals surface area (Å²) >= 11 is 3.00. The lowest BCUT2D eigenvalue weighted by Crippen LogP contribution is -2.29. The number of rotatable bonds is 4. The minimum atomic E-state index is -0.0630. The maximum absolute atomic E-state index is 11.7. The van der Waals surface area contributed by atoms with Gasteiger partial charge in [-0.25, -0.2) is 4.98 Å². The molecule has 1 amide bonds. The van der Waals surface area contributed by atoms with Crippen molar-refractivity contribution in [1.82, 2.24) is 9.88 Å². The van der Waals surface area contributed by atoms with Crippen molar-refractivity contribution >= 4 is 34.1 Å². The summed E-state index contributed by atoms with van der Waals surface area (Å²) in [7, 11) is 1.77. The van der Waals surface area contributed by atoms with Crippen molar-refractivity contribution in [1.29, 1.82) is 0 Å². The molecule has 0 aliphatic heterocycles. The number of aromatic nitrogens is 1. The van der Waals surface area contributed by atoms with Gasteiger partial charge in [-0.15, -0.1) is 11.3 Å². The molecule has 1 aromatic heterocycles. The van der Waals surface area contributed by atoms with E-state index in [1.807, 2.05) is 6.26 Å². The van der Waals surface area contributed by atoms with Crippen LogP contribution in [0.15, 0.2) is 5.38 Å². The lowest BCUT2D eigenvalue weighted by molar-refractivity contribution is 0.0799. The molecule has 4 nitrogen and oxygen atoms in total. The molecule has 78 valence electrons. The second-order valence-electron chi connectivity index (χ2n) is 2.79. The van der Waals surface area contributed by atoms with E-state index in [1.54, 1.807) is 29.1 Å². The molecule has 0 atom stereocenters. The Balaban J connectivity index is 2.56. The van der Waals surface area contributed by atoms with Crippen LogP contribution in [0.25, 0.3) is 0 Å². The Bertz CT molecular complexity index is 313. The molecule has 0 bridgehead atoms. The molecule has 6 heteroatoms. The molecule has 0 aromatic carbocycles. The molecule has 14 heavy (non-hydrogen) atoms. The van der Waals surface area contributed by atoms with Gasteiger partial charge in [0.05, 0.1) is 0 Å². The molecule has 1 aromatic rings. The molecule has 1 heterocycles. The number of thioether (sulfide) groups is 1. The molecule has 0 radical (unpaired) electrons. The summed E-state index contributed by atoms with van der Waals surface area (Å²) in [6, 6.07) is 0. The summed E-state index contributed by atoms with van der Waals surface area (Å²) in [4.78, 5) is 17.3. The number of nitrogens with two attached hydrogens (primary N) is 1. The predicted octanol–water partition coefficient (Wildman–Crippen LogP) is 1.16. The summed E-state index contributed by atoms with van der Waals surface area (Å²) in [5.41, 5.74) is 5.89. The van der Waals surface area contributed by atoms with Crippen LogP contribution in [-0.4, -0.2) is 41.4 Å². The number of nitrogens with zero attached hydrogens (tertiary/aromatic N) is 2. The van der Waals surface area contributed by atoms with E-state index in [0.29, 0.717) is 10.8 Å². The first-order chi connectivity index (χ1) is 6.65. The minimum absolute atomic E-state index is 0.0630. The van der Waals surface area contributed by atoms with E-state index in [4.69, 9.17) is 5.73 Å². The minimum Gasteiger partial charge on any atom is -0.375 e. The van der Waals surface area contributed by atoms with Crippen LogP contribution < -0.4 is 5.73 Å². The van der Waals surface area contributed by atoms with Gasteiger partial charge in [-0.3, -0.25) is 4.79 Å². The van der Waals surface area contributed by atoms with Gasteiger partial charge in [-0.2, -0.15) is 11.8 Å². The average Bonchev–Trinajstić information content (AvgIpc) is 2.60. The molecule has 0 spiro atoms. The van der Waals surface area contributed by atoms with Crippen molar-refractivity contribution < 1.29 is 4.79 Å². The Morgan fingerprint density at radius 2 is 2.50 bits per heavy atom. The maximum atomic E-state index is 11.7. The number of carbonyl (C=O) groups excluding carboxylic acids is 1. The van der Waals surface area contributed by atoms with Crippen molar-refractivity contribution in [2.45, 2.75) is 0 Å². The van der Waals surface area contributed by atoms with Crippen LogP contribution in [0.2, 0.25) is 0 Å². The monoisotopic (exact) mass is 231 g/mol. The standard InChI is InChI=1S/C8H13N3OS2/c1-11(3-4-13-2)7(12)6-5-14-8(9)10-6/h5H,3-4H2,1-2H3,(H2,9,10). The summed E-state index contributed by atoms with van der Waals surface area (Å²) in [5.74, 6) is 0.869. The molecule has 2 N–H and O–H groups in total. The third kappa shape index (κ3) is 2.88. The largest absolute Gasteiger partial charge is 0.375 e. The van der Waals surface area contributed by atoms with Crippen LogP contribution in [0.3, 0.4) is 0 Å². The van der Waals surface area contributed by atoms with Crippen LogP contribution >= 0.6 is 23.1 Å². The van der Waals surface area contributed by atoms with E-state index >= 15 is 0 Å². The molecule has 1 rings (SSSR count). The molecular formula is C8H13N3OS2. The Labute approximate surface area is 91.5 Å². The number of thiazole rings is 1. The molecule has 0 aliphatic carbocycles. The van der Waals surface area contributed by atoms with Crippen molar-refractivity contribution in [3.05, 3.63) is 11.1 Å². The number of anilines is 1. The van der Waals surface area contributed by atoms with Gasteiger partial charge in [0, 0.05) is 24.7 Å². The summed E-state index contributed by atoms with van der Waals surface area (Å²) in [6.07, 6.45) is 2.01. The van der Waals surface area contributed by atoms with Crippen molar-refractivity contribution in [3.8, 4) is 0 Å². The lowest BCUT2D eigenvalue weighted by Gasteiger charge is -2.14. The van der Waals surface area contributed by atoms with Crippen LogP contribution in [0.5, 0.6) is 0 Å². The Morgan fingerprint density at radius 3 is 3.00 bits per heavy atom. The topological polar surface area (TPSA) is 59.2 Å². The van der Waals surface area contributed by atoms with E-state index in [9.17, 15) is 4.79 Å². The highest BCUT2D eigenvalue weighted by atomic mass is 32.2. The van der Waals surface area contributed by atoms with Crippen molar-refractivity contribution in [2.75, 3.05) is 31.3 Å². The van der Waals surface area contributed by atoms with Crippen LogP contribution in [-0.2, 0) is 0 Å². The van der Waals surface area contributed by atoms with Gasteiger partial charge in [0.15, 0.2) is 5.13 Å². The highest BCUT2D eigenvalue weighted by Crippen LogP contribution is 2.12. The van der Waals surface area contributed by atoms with E-state index in [0.717, 1.165) is 12.3 Å². The predicted molar refractivity (Wildman–Crippen MR) is 61.9 cm³/mol. The molecular weight excluding hydrogens is 218 g/mol. The fraction of sp³-hybridized carbons (Fsp3) is 0.500. The van der Waals surface area contributed by atoms with E-state index in [2.05, 4.69) is 4.98 Å². The second-order valence-corrected chi connectivity index (χ2v) is 4.67. The second kappa shape index (κ2) is 5.21. The smallest absolute Gasteiger partial charge is 0.273 e. The fourth-order valence-electron chi connectivity index (χ4n) is 0.911. The van der Waals surface area contributed by atoms with E-state index < -0.39 is 0 Å². The highest BCUT2D eigenvalue weighted by Gasteiger charge is 2.13. The van der Waals surface area contributed by atoms with Gasteiger partial charge in [-0.1, -0.05) is 0 Å². The SMILES string of the molecule is CSCCN(C)C(=O)c1csc(N)n1.